The highest BCUT2D eigenvalue weighted by atomic mass is 16.4. The molecule has 0 amide bonds. The SMILES string of the molecule is Cn1c(=O)c2c(ncn2CC(=O)O)n(C)c1=O.c1ccc2c(c1)CCNC2. The van der Waals surface area contributed by atoms with Gasteiger partial charge in [0.25, 0.3) is 5.56 Å². The van der Waals surface area contributed by atoms with Gasteiger partial charge < -0.3 is 15.0 Å². The van der Waals surface area contributed by atoms with E-state index in [-0.39, 0.29) is 17.7 Å². The van der Waals surface area contributed by atoms with Gasteiger partial charge in [0.2, 0.25) is 0 Å². The molecule has 1 aliphatic heterocycles. The molecule has 2 N–H and O–H groups in total. The Morgan fingerprint density at radius 1 is 1.19 bits per heavy atom. The summed E-state index contributed by atoms with van der Waals surface area (Å²) >= 11 is 0. The van der Waals surface area contributed by atoms with E-state index in [1.54, 1.807) is 0 Å². The van der Waals surface area contributed by atoms with E-state index in [9.17, 15) is 14.4 Å². The molecule has 27 heavy (non-hydrogen) atoms. The molecule has 0 unspecified atom stereocenters. The molecule has 9 nitrogen and oxygen atoms in total. The summed E-state index contributed by atoms with van der Waals surface area (Å²) < 4.78 is 3.33. The number of hydrogen-bond donors (Lipinski definition) is 2. The van der Waals surface area contributed by atoms with Crippen molar-refractivity contribution >= 4 is 17.1 Å². The zero-order chi connectivity index (χ0) is 19.6. The van der Waals surface area contributed by atoms with Gasteiger partial charge in [-0.3, -0.25) is 18.7 Å². The summed E-state index contributed by atoms with van der Waals surface area (Å²) in [6, 6.07) is 8.63. The number of benzene rings is 1. The highest BCUT2D eigenvalue weighted by molar-refractivity contribution is 5.74. The third-order valence-electron chi connectivity index (χ3n) is 4.53. The molecule has 2 aromatic heterocycles. The molecular formula is C18H21N5O4. The van der Waals surface area contributed by atoms with Crippen LogP contribution >= 0.6 is 0 Å². The lowest BCUT2D eigenvalue weighted by Crippen LogP contribution is -2.37. The molecule has 0 saturated heterocycles. The molecule has 0 fully saturated rings. The van der Waals surface area contributed by atoms with Gasteiger partial charge >= 0.3 is 11.7 Å². The Hall–Kier alpha value is -3.20. The van der Waals surface area contributed by atoms with E-state index in [1.165, 1.54) is 47.1 Å². The molecule has 0 bridgehead atoms. The highest BCUT2D eigenvalue weighted by Crippen LogP contribution is 2.11. The lowest BCUT2D eigenvalue weighted by Gasteiger charge is -2.15. The standard InChI is InChI=1S/C9H10N4O4.C9H11N/c1-11-7-6(8(16)12(2)9(11)17)13(4-10-7)3-5(14)15;1-2-4-9-7-10-6-5-8(9)3-1/h4H,3H2,1-2H3,(H,14,15);1-4,10H,5-7H2. The highest BCUT2D eigenvalue weighted by Gasteiger charge is 2.15. The van der Waals surface area contributed by atoms with Crippen molar-refractivity contribution < 1.29 is 9.90 Å². The minimum Gasteiger partial charge on any atom is -0.480 e. The smallest absolute Gasteiger partial charge is 0.332 e. The van der Waals surface area contributed by atoms with Crippen molar-refractivity contribution in [2.75, 3.05) is 6.54 Å². The Morgan fingerprint density at radius 2 is 1.89 bits per heavy atom. The minimum atomic E-state index is -1.08. The van der Waals surface area contributed by atoms with Crippen LogP contribution in [0.1, 0.15) is 11.1 Å². The zero-order valence-electron chi connectivity index (χ0n) is 15.2. The maximum atomic E-state index is 11.9. The van der Waals surface area contributed by atoms with E-state index in [1.807, 2.05) is 0 Å². The Bertz CT molecular complexity index is 1080. The Labute approximate surface area is 154 Å². The second-order valence-corrected chi connectivity index (χ2v) is 6.34. The van der Waals surface area contributed by atoms with Crippen molar-refractivity contribution in [3.8, 4) is 0 Å². The molecule has 142 valence electrons. The van der Waals surface area contributed by atoms with Gasteiger partial charge in [-0.1, -0.05) is 24.3 Å². The summed E-state index contributed by atoms with van der Waals surface area (Å²) in [6.45, 7) is 1.82. The van der Waals surface area contributed by atoms with Crippen LogP contribution in [0.2, 0.25) is 0 Å². The van der Waals surface area contributed by atoms with Gasteiger partial charge in [-0.25, -0.2) is 9.78 Å². The molecule has 0 radical (unpaired) electrons. The number of aryl methyl sites for hydroxylation is 1. The van der Waals surface area contributed by atoms with Crippen LogP contribution in [0.15, 0.2) is 40.2 Å². The largest absolute Gasteiger partial charge is 0.480 e. The predicted octanol–water partition coefficient (Wildman–Crippen LogP) is -0.149. The second-order valence-electron chi connectivity index (χ2n) is 6.34. The summed E-state index contributed by atoms with van der Waals surface area (Å²) in [7, 11) is 2.81. The van der Waals surface area contributed by atoms with E-state index >= 15 is 0 Å². The maximum absolute atomic E-state index is 11.9. The molecule has 9 heteroatoms. The number of aromatic nitrogens is 4. The molecule has 1 aliphatic rings. The Morgan fingerprint density at radius 3 is 2.56 bits per heavy atom. The molecule has 1 aromatic carbocycles. The lowest BCUT2D eigenvalue weighted by molar-refractivity contribution is -0.137. The molecule has 3 aromatic rings. The number of aliphatic carboxylic acids is 1. The van der Waals surface area contributed by atoms with Crippen molar-refractivity contribution in [3.05, 3.63) is 62.6 Å². The molecule has 0 saturated carbocycles. The normalized spacial score (nSPS) is 13.0. The van der Waals surface area contributed by atoms with Gasteiger partial charge in [-0.05, 0) is 24.1 Å². The van der Waals surface area contributed by atoms with Crippen LogP contribution in [-0.2, 0) is 38.4 Å². The quantitative estimate of drug-likeness (QED) is 0.648. The first-order valence-electron chi connectivity index (χ1n) is 8.50. The van der Waals surface area contributed by atoms with E-state index in [0.29, 0.717) is 0 Å². The molecular weight excluding hydrogens is 350 g/mol. The number of fused-ring (bicyclic) bond motifs is 2. The summed E-state index contributed by atoms with van der Waals surface area (Å²) in [6.07, 6.45) is 2.43. The number of imidazole rings is 1. The van der Waals surface area contributed by atoms with Crippen LogP contribution in [0.5, 0.6) is 0 Å². The number of carboxylic acids is 1. The van der Waals surface area contributed by atoms with Crippen molar-refractivity contribution in [2.45, 2.75) is 19.5 Å². The summed E-state index contributed by atoms with van der Waals surface area (Å²) in [5.41, 5.74) is 2.22. The fourth-order valence-electron chi connectivity index (χ4n) is 3.08. The maximum Gasteiger partial charge on any atom is 0.332 e. The topological polar surface area (TPSA) is 111 Å². The van der Waals surface area contributed by atoms with Crippen molar-refractivity contribution in [3.63, 3.8) is 0 Å². The van der Waals surface area contributed by atoms with Gasteiger partial charge in [0.15, 0.2) is 11.2 Å². The molecule has 0 spiro atoms. The average molecular weight is 371 g/mol. The molecule has 0 aliphatic carbocycles. The molecule has 0 atom stereocenters. The van der Waals surface area contributed by atoms with Crippen molar-refractivity contribution in [1.29, 1.82) is 0 Å². The first-order valence-corrected chi connectivity index (χ1v) is 8.50. The average Bonchev–Trinajstić information content (AvgIpc) is 3.08. The number of nitrogens with one attached hydrogen (secondary N) is 1. The number of carboxylic acid groups (broad SMARTS) is 1. The van der Waals surface area contributed by atoms with Gasteiger partial charge in [0.1, 0.15) is 6.54 Å². The summed E-state index contributed by atoms with van der Waals surface area (Å²) in [5, 5.41) is 12.0. The van der Waals surface area contributed by atoms with Crippen LogP contribution in [0, 0.1) is 0 Å². The van der Waals surface area contributed by atoms with E-state index in [0.717, 1.165) is 17.7 Å². The summed E-state index contributed by atoms with van der Waals surface area (Å²) in [5.74, 6) is -1.08. The minimum absolute atomic E-state index is 0.108. The van der Waals surface area contributed by atoms with E-state index < -0.39 is 17.2 Å². The third kappa shape index (κ3) is 3.68. The van der Waals surface area contributed by atoms with Gasteiger partial charge in [-0.2, -0.15) is 0 Å². The monoisotopic (exact) mass is 371 g/mol. The fourth-order valence-corrected chi connectivity index (χ4v) is 3.08. The number of hydrogen-bond acceptors (Lipinski definition) is 5. The van der Waals surface area contributed by atoms with E-state index in [4.69, 9.17) is 5.11 Å². The second kappa shape index (κ2) is 7.58. The number of carbonyl (C=O) groups is 1. The van der Waals surface area contributed by atoms with Crippen LogP contribution in [0.25, 0.3) is 11.2 Å². The van der Waals surface area contributed by atoms with Crippen molar-refractivity contribution in [2.24, 2.45) is 14.1 Å². The first kappa shape index (κ1) is 18.6. The number of nitrogens with zero attached hydrogens (tertiary/aromatic N) is 4. The molecule has 4 rings (SSSR count). The Balaban J connectivity index is 0.000000177. The lowest BCUT2D eigenvalue weighted by atomic mass is 10.0. The predicted molar refractivity (Wildman–Crippen MR) is 99.7 cm³/mol. The van der Waals surface area contributed by atoms with Gasteiger partial charge in [0, 0.05) is 20.6 Å². The third-order valence-corrected chi connectivity index (χ3v) is 4.53. The molecule has 3 heterocycles. The Kier molecular flexibility index (Phi) is 5.22. The van der Waals surface area contributed by atoms with Crippen LogP contribution in [-0.4, -0.2) is 36.3 Å². The van der Waals surface area contributed by atoms with Crippen LogP contribution < -0.4 is 16.6 Å². The van der Waals surface area contributed by atoms with Gasteiger partial charge in [-0.15, -0.1) is 0 Å². The zero-order valence-corrected chi connectivity index (χ0v) is 15.2. The van der Waals surface area contributed by atoms with Crippen LogP contribution in [0.4, 0.5) is 0 Å². The first-order chi connectivity index (χ1) is 12.9. The van der Waals surface area contributed by atoms with Gasteiger partial charge in [0.05, 0.1) is 6.33 Å². The number of rotatable bonds is 2. The van der Waals surface area contributed by atoms with Crippen LogP contribution in [0.3, 0.4) is 0 Å². The van der Waals surface area contributed by atoms with E-state index in [2.05, 4.69) is 34.6 Å². The van der Waals surface area contributed by atoms with Crippen molar-refractivity contribution in [1.82, 2.24) is 24.0 Å². The summed E-state index contributed by atoms with van der Waals surface area (Å²) in [4.78, 5) is 38.0. The fraction of sp³-hybridized carbons (Fsp3) is 0.333.